The number of aromatic hydroxyl groups is 1. The summed E-state index contributed by atoms with van der Waals surface area (Å²) in [6, 6.07) is 17.5. The lowest BCUT2D eigenvalue weighted by molar-refractivity contribution is 0.475. The van der Waals surface area contributed by atoms with Crippen molar-refractivity contribution in [3.63, 3.8) is 0 Å². The number of allylic oxidation sites excluding steroid dienone is 1. The minimum atomic E-state index is 0.302. The van der Waals surface area contributed by atoms with Crippen LogP contribution in [0, 0.1) is 0 Å². The Morgan fingerprint density at radius 3 is 2.19 bits per heavy atom. The monoisotopic (exact) mass is 210 g/mol. The van der Waals surface area contributed by atoms with Crippen LogP contribution in [0.15, 0.2) is 54.6 Å². The summed E-state index contributed by atoms with van der Waals surface area (Å²) in [7, 11) is 0. The molecule has 0 saturated heterocycles. The fourth-order valence-corrected chi connectivity index (χ4v) is 1.61. The lowest BCUT2D eigenvalue weighted by Crippen LogP contribution is -1.79. The van der Waals surface area contributed by atoms with Crippen molar-refractivity contribution in [2.24, 2.45) is 0 Å². The van der Waals surface area contributed by atoms with E-state index in [1.807, 2.05) is 30.3 Å². The lowest BCUT2D eigenvalue weighted by Gasteiger charge is -2.02. The van der Waals surface area contributed by atoms with Gasteiger partial charge in [-0.3, -0.25) is 0 Å². The molecule has 1 nitrogen and oxygen atoms in total. The van der Waals surface area contributed by atoms with Gasteiger partial charge in [0.05, 0.1) is 0 Å². The van der Waals surface area contributed by atoms with E-state index in [0.717, 1.165) is 5.56 Å². The zero-order valence-corrected chi connectivity index (χ0v) is 9.22. The third kappa shape index (κ3) is 2.51. The predicted molar refractivity (Wildman–Crippen MR) is 68.1 cm³/mol. The van der Waals surface area contributed by atoms with E-state index in [1.54, 1.807) is 12.1 Å². The van der Waals surface area contributed by atoms with E-state index >= 15 is 0 Å². The van der Waals surface area contributed by atoms with Gasteiger partial charge in [-0.1, -0.05) is 48.5 Å². The molecule has 0 saturated carbocycles. The molecule has 0 radical (unpaired) electrons. The Morgan fingerprint density at radius 1 is 0.938 bits per heavy atom. The highest BCUT2D eigenvalue weighted by Crippen LogP contribution is 2.19. The molecule has 0 heterocycles. The molecule has 2 rings (SSSR count). The highest BCUT2D eigenvalue weighted by molar-refractivity contribution is 5.80. The number of benzene rings is 2. The summed E-state index contributed by atoms with van der Waals surface area (Å²) in [5, 5.41) is 9.21. The Hall–Kier alpha value is -2.02. The molecular formula is C15H14O. The smallest absolute Gasteiger partial charge is 0.115 e. The quantitative estimate of drug-likeness (QED) is 0.744. The van der Waals surface area contributed by atoms with Gasteiger partial charge in [0.1, 0.15) is 5.75 Å². The van der Waals surface area contributed by atoms with Gasteiger partial charge in [0, 0.05) is 0 Å². The molecular weight excluding hydrogens is 196 g/mol. The summed E-state index contributed by atoms with van der Waals surface area (Å²) in [5.41, 5.74) is 3.50. The van der Waals surface area contributed by atoms with E-state index in [1.165, 1.54) is 11.1 Å². The zero-order chi connectivity index (χ0) is 11.4. The fourth-order valence-electron chi connectivity index (χ4n) is 1.61. The Balaban J connectivity index is 2.28. The van der Waals surface area contributed by atoms with Gasteiger partial charge in [-0.15, -0.1) is 0 Å². The molecule has 16 heavy (non-hydrogen) atoms. The van der Waals surface area contributed by atoms with Gasteiger partial charge in [0.2, 0.25) is 0 Å². The van der Waals surface area contributed by atoms with Gasteiger partial charge in [0.25, 0.3) is 0 Å². The van der Waals surface area contributed by atoms with Gasteiger partial charge in [-0.05, 0) is 35.8 Å². The topological polar surface area (TPSA) is 20.2 Å². The number of phenols is 1. The van der Waals surface area contributed by atoms with Crippen LogP contribution in [0.3, 0.4) is 0 Å². The summed E-state index contributed by atoms with van der Waals surface area (Å²) in [4.78, 5) is 0. The van der Waals surface area contributed by atoms with E-state index in [0.29, 0.717) is 5.75 Å². The molecule has 0 bridgehead atoms. The maximum Gasteiger partial charge on any atom is 0.115 e. The number of phenolic OH excluding ortho intramolecular Hbond substituents is 1. The molecule has 0 aliphatic carbocycles. The molecule has 1 N–H and O–H groups in total. The Bertz CT molecular complexity index is 481. The van der Waals surface area contributed by atoms with Crippen molar-refractivity contribution in [3.8, 4) is 5.75 Å². The summed E-state index contributed by atoms with van der Waals surface area (Å²) in [6.45, 7) is 2.07. The Kier molecular flexibility index (Phi) is 3.06. The van der Waals surface area contributed by atoms with Crippen LogP contribution in [0.5, 0.6) is 5.75 Å². The molecule has 0 atom stereocenters. The fraction of sp³-hybridized carbons (Fsp3) is 0.0667. The van der Waals surface area contributed by atoms with Crippen LogP contribution in [-0.4, -0.2) is 5.11 Å². The Labute approximate surface area is 95.7 Å². The average molecular weight is 210 g/mol. The predicted octanol–water partition coefficient (Wildman–Crippen LogP) is 3.95. The normalized spacial score (nSPS) is 11.4. The first-order chi connectivity index (χ1) is 7.75. The lowest BCUT2D eigenvalue weighted by atomic mass is 10.0. The van der Waals surface area contributed by atoms with Crippen molar-refractivity contribution < 1.29 is 5.11 Å². The highest BCUT2D eigenvalue weighted by atomic mass is 16.3. The molecule has 0 spiro atoms. The number of hydrogen-bond donors (Lipinski definition) is 1. The van der Waals surface area contributed by atoms with Crippen LogP contribution in [0.1, 0.15) is 18.1 Å². The van der Waals surface area contributed by atoms with Gasteiger partial charge >= 0.3 is 0 Å². The molecule has 0 aromatic heterocycles. The van der Waals surface area contributed by atoms with Crippen molar-refractivity contribution in [1.82, 2.24) is 0 Å². The third-order valence-electron chi connectivity index (χ3n) is 2.51. The van der Waals surface area contributed by atoms with Crippen LogP contribution in [0.4, 0.5) is 0 Å². The molecule has 0 unspecified atom stereocenters. The summed E-state index contributed by atoms with van der Waals surface area (Å²) in [5.74, 6) is 0.302. The van der Waals surface area contributed by atoms with E-state index in [9.17, 15) is 5.11 Å². The minimum absolute atomic E-state index is 0.302. The van der Waals surface area contributed by atoms with Crippen molar-refractivity contribution >= 4 is 11.6 Å². The van der Waals surface area contributed by atoms with Crippen LogP contribution in [0.2, 0.25) is 0 Å². The second-order valence-corrected chi connectivity index (χ2v) is 3.78. The first-order valence-corrected chi connectivity index (χ1v) is 5.28. The van der Waals surface area contributed by atoms with Crippen molar-refractivity contribution in [3.05, 3.63) is 65.7 Å². The number of hydrogen-bond acceptors (Lipinski definition) is 1. The largest absolute Gasteiger partial charge is 0.508 e. The summed E-state index contributed by atoms with van der Waals surface area (Å²) in [6.07, 6.45) is 2.13. The van der Waals surface area contributed by atoms with Crippen molar-refractivity contribution in [1.29, 1.82) is 0 Å². The third-order valence-corrected chi connectivity index (χ3v) is 2.51. The standard InChI is InChI=1S/C15H14O/c1-12(11-13-5-3-2-4-6-13)14-7-9-15(16)10-8-14/h2-11,16H,1H3/b12-11+. The van der Waals surface area contributed by atoms with Gasteiger partial charge in [0.15, 0.2) is 0 Å². The van der Waals surface area contributed by atoms with Gasteiger partial charge in [-0.2, -0.15) is 0 Å². The maximum absolute atomic E-state index is 9.21. The molecule has 2 aromatic rings. The average Bonchev–Trinajstić information content (AvgIpc) is 2.31. The van der Waals surface area contributed by atoms with Crippen LogP contribution >= 0.6 is 0 Å². The van der Waals surface area contributed by atoms with Crippen LogP contribution in [0.25, 0.3) is 11.6 Å². The summed E-state index contributed by atoms with van der Waals surface area (Å²) < 4.78 is 0. The van der Waals surface area contributed by atoms with E-state index in [2.05, 4.69) is 25.1 Å². The highest BCUT2D eigenvalue weighted by Gasteiger charge is 1.96. The van der Waals surface area contributed by atoms with Crippen LogP contribution < -0.4 is 0 Å². The SMILES string of the molecule is C/C(=C\c1ccccc1)c1ccc(O)cc1. The van der Waals surface area contributed by atoms with Gasteiger partial charge < -0.3 is 5.11 Å². The maximum atomic E-state index is 9.21. The second-order valence-electron chi connectivity index (χ2n) is 3.78. The molecule has 80 valence electrons. The van der Waals surface area contributed by atoms with Gasteiger partial charge in [-0.25, -0.2) is 0 Å². The van der Waals surface area contributed by atoms with Crippen LogP contribution in [-0.2, 0) is 0 Å². The first-order valence-electron chi connectivity index (χ1n) is 5.28. The van der Waals surface area contributed by atoms with E-state index < -0.39 is 0 Å². The van der Waals surface area contributed by atoms with Crippen molar-refractivity contribution in [2.45, 2.75) is 6.92 Å². The van der Waals surface area contributed by atoms with E-state index in [-0.39, 0.29) is 0 Å². The molecule has 0 aliphatic rings. The zero-order valence-electron chi connectivity index (χ0n) is 9.22. The molecule has 0 amide bonds. The van der Waals surface area contributed by atoms with E-state index in [4.69, 9.17) is 0 Å². The van der Waals surface area contributed by atoms with Crippen molar-refractivity contribution in [2.75, 3.05) is 0 Å². The first kappa shape index (κ1) is 10.5. The Morgan fingerprint density at radius 2 is 1.56 bits per heavy atom. The number of rotatable bonds is 2. The molecule has 0 aliphatic heterocycles. The minimum Gasteiger partial charge on any atom is -0.508 e. The summed E-state index contributed by atoms with van der Waals surface area (Å²) >= 11 is 0. The second kappa shape index (κ2) is 4.67. The molecule has 1 heteroatoms. The molecule has 2 aromatic carbocycles. The molecule has 0 fully saturated rings.